The molecule has 0 bridgehead atoms. The molecule has 14 heavy (non-hydrogen) atoms. The van der Waals surface area contributed by atoms with Gasteiger partial charge in [-0.2, -0.15) is 0 Å². The van der Waals surface area contributed by atoms with E-state index in [0.717, 1.165) is 5.56 Å². The third-order valence-corrected chi connectivity index (χ3v) is 2.74. The Morgan fingerprint density at radius 2 is 1.93 bits per heavy atom. The van der Waals surface area contributed by atoms with Gasteiger partial charge in [0.05, 0.1) is 5.65 Å². The maximum Gasteiger partial charge on any atom is 0.166 e. The van der Waals surface area contributed by atoms with Crippen LogP contribution >= 0.6 is 34.8 Å². The third kappa shape index (κ3) is 1.93. The largest absolute Gasteiger partial charge is 0.281 e. The zero-order valence-electron chi connectivity index (χ0n) is 7.05. The smallest absolute Gasteiger partial charge is 0.166 e. The Morgan fingerprint density at radius 1 is 1.29 bits per heavy atom. The maximum atomic E-state index is 5.81. The van der Waals surface area contributed by atoms with E-state index in [-0.39, 0.29) is 43.0 Å². The number of nitrogens with zero attached hydrogens (tertiary/aromatic N) is 3. The fourth-order valence-electron chi connectivity index (χ4n) is 0.977. The average molecular weight is 324 g/mol. The minimum Gasteiger partial charge on any atom is -0.281 e. The van der Waals surface area contributed by atoms with E-state index in [1.165, 1.54) is 4.52 Å². The molecule has 0 N–H and O–H groups in total. The predicted octanol–water partition coefficient (Wildman–Crippen LogP) is 2.80. The van der Waals surface area contributed by atoms with E-state index in [9.17, 15) is 0 Å². The van der Waals surface area contributed by atoms with Crippen molar-refractivity contribution in [2.24, 2.45) is 0 Å². The van der Waals surface area contributed by atoms with Gasteiger partial charge in [-0.15, -0.1) is 35.3 Å². The Balaban J connectivity index is 0.000000980. The topological polar surface area (TPSA) is 30.2 Å². The van der Waals surface area contributed by atoms with Crippen LogP contribution in [-0.2, 0) is 32.7 Å². The fraction of sp³-hybridized carbons (Fsp3) is 0.143. The molecule has 0 saturated heterocycles. The van der Waals surface area contributed by atoms with Crippen LogP contribution in [0.25, 0.3) is 5.65 Å². The molecule has 0 spiro atoms. The zero-order valence-corrected chi connectivity index (χ0v) is 12.2. The molecule has 0 fully saturated rings. The van der Waals surface area contributed by atoms with Crippen LogP contribution in [0.1, 0.15) is 5.56 Å². The van der Waals surface area contributed by atoms with E-state index >= 15 is 0 Å². The van der Waals surface area contributed by atoms with E-state index in [2.05, 4.69) is 16.3 Å². The molecule has 1 radical (unpaired) electrons. The molecular weight excluding hydrogens is 321 g/mol. The summed E-state index contributed by atoms with van der Waals surface area (Å²) in [6.45, 7) is 1.80. The van der Waals surface area contributed by atoms with E-state index in [1.54, 1.807) is 6.92 Å². The molecular formula is C7H3Cl3N3Y-. The maximum absolute atomic E-state index is 5.81. The standard InChI is InChI=1S/C7H3Cl3N3.Y/c1-3-4(8)2-11-13-6(10)5(9)12-7(3)13;/h1H3;/q-1;. The Morgan fingerprint density at radius 3 is 2.57 bits per heavy atom. The summed E-state index contributed by atoms with van der Waals surface area (Å²) in [7, 11) is 0. The van der Waals surface area contributed by atoms with Crippen LogP contribution in [0.15, 0.2) is 0 Å². The molecule has 2 aromatic heterocycles. The van der Waals surface area contributed by atoms with Crippen LogP contribution in [0.4, 0.5) is 0 Å². The van der Waals surface area contributed by atoms with Crippen molar-refractivity contribution in [3.8, 4) is 0 Å². The number of halogens is 3. The average Bonchev–Trinajstić information content (AvgIpc) is 2.38. The van der Waals surface area contributed by atoms with E-state index in [0.29, 0.717) is 10.7 Å². The zero-order chi connectivity index (χ0) is 9.59. The molecule has 7 heteroatoms. The number of hydrogen-bond acceptors (Lipinski definition) is 2. The van der Waals surface area contributed by atoms with Crippen molar-refractivity contribution >= 4 is 40.4 Å². The monoisotopic (exact) mass is 323 g/mol. The van der Waals surface area contributed by atoms with Gasteiger partial charge in [-0.1, -0.05) is 23.2 Å². The molecule has 0 saturated carbocycles. The Kier molecular flexibility index (Phi) is 4.18. The van der Waals surface area contributed by atoms with Crippen LogP contribution in [0.3, 0.4) is 0 Å². The molecule has 0 aromatic carbocycles. The molecule has 3 nitrogen and oxygen atoms in total. The minimum atomic E-state index is 0. The first-order chi connectivity index (χ1) is 6.11. The molecule has 0 aliphatic heterocycles. The summed E-state index contributed by atoms with van der Waals surface area (Å²) in [6, 6.07) is 0. The minimum absolute atomic E-state index is 0. The van der Waals surface area contributed by atoms with Crippen LogP contribution in [0, 0.1) is 13.1 Å². The van der Waals surface area contributed by atoms with Crippen molar-refractivity contribution in [3.05, 3.63) is 27.1 Å². The SMILES string of the molecule is Cc1c(Cl)[c-]nn2c(Cl)c(Cl)nc12.[Y]. The second-order valence-corrected chi connectivity index (χ2v) is 3.57. The van der Waals surface area contributed by atoms with Crippen molar-refractivity contribution in [1.29, 1.82) is 0 Å². The van der Waals surface area contributed by atoms with Gasteiger partial charge in [-0.05, 0) is 0 Å². The van der Waals surface area contributed by atoms with Crippen molar-refractivity contribution in [1.82, 2.24) is 14.6 Å². The first-order valence-corrected chi connectivity index (χ1v) is 4.52. The summed E-state index contributed by atoms with van der Waals surface area (Å²) in [4.78, 5) is 4.00. The number of imidazole rings is 1. The van der Waals surface area contributed by atoms with Crippen molar-refractivity contribution in [2.45, 2.75) is 6.92 Å². The van der Waals surface area contributed by atoms with Gasteiger partial charge < -0.3 is 0 Å². The van der Waals surface area contributed by atoms with E-state index < -0.39 is 0 Å². The van der Waals surface area contributed by atoms with Gasteiger partial charge >= 0.3 is 0 Å². The van der Waals surface area contributed by atoms with Gasteiger partial charge in [0, 0.05) is 32.7 Å². The van der Waals surface area contributed by atoms with Crippen molar-refractivity contribution in [3.63, 3.8) is 0 Å². The van der Waals surface area contributed by atoms with Crippen molar-refractivity contribution < 1.29 is 32.7 Å². The summed E-state index contributed by atoms with van der Waals surface area (Å²) in [5.41, 5.74) is 1.31. The van der Waals surface area contributed by atoms with Crippen LogP contribution in [-0.4, -0.2) is 14.6 Å². The summed E-state index contributed by atoms with van der Waals surface area (Å²) >= 11 is 17.3. The van der Waals surface area contributed by atoms with Crippen LogP contribution in [0.5, 0.6) is 0 Å². The fourth-order valence-corrected chi connectivity index (χ4v) is 1.42. The number of aryl methyl sites for hydroxylation is 1. The Labute approximate surface area is 121 Å². The molecule has 2 rings (SSSR count). The Bertz CT molecular complexity index is 482. The predicted molar refractivity (Wildman–Crippen MR) is 51.6 cm³/mol. The van der Waals surface area contributed by atoms with Gasteiger partial charge in [0.1, 0.15) is 0 Å². The quantitative estimate of drug-likeness (QED) is 0.698. The molecule has 71 valence electrons. The number of aromatic nitrogens is 3. The normalized spacial score (nSPS) is 10.3. The number of hydrogen-bond donors (Lipinski definition) is 0. The molecule has 0 amide bonds. The van der Waals surface area contributed by atoms with Crippen LogP contribution < -0.4 is 0 Å². The number of fused-ring (bicyclic) bond motifs is 1. The van der Waals surface area contributed by atoms with Gasteiger partial charge in [-0.3, -0.25) is 5.10 Å². The van der Waals surface area contributed by atoms with Gasteiger partial charge in [0.25, 0.3) is 0 Å². The molecule has 2 heterocycles. The second-order valence-electron chi connectivity index (χ2n) is 2.48. The summed E-state index contributed by atoms with van der Waals surface area (Å²) in [5.74, 6) is 0. The first kappa shape index (κ1) is 12.7. The first-order valence-electron chi connectivity index (χ1n) is 3.38. The molecule has 0 aliphatic rings. The molecule has 2 aromatic rings. The number of rotatable bonds is 0. The van der Waals surface area contributed by atoms with Gasteiger partial charge in [0.15, 0.2) is 10.3 Å². The second kappa shape index (κ2) is 4.62. The summed E-state index contributed by atoms with van der Waals surface area (Å²) < 4.78 is 1.39. The third-order valence-electron chi connectivity index (χ3n) is 1.67. The summed E-state index contributed by atoms with van der Waals surface area (Å²) in [6.07, 6.45) is 2.59. The van der Waals surface area contributed by atoms with Crippen LogP contribution in [0.2, 0.25) is 15.3 Å². The molecule has 0 atom stereocenters. The van der Waals surface area contributed by atoms with E-state index in [1.807, 2.05) is 0 Å². The van der Waals surface area contributed by atoms with Gasteiger partial charge in [-0.25, -0.2) is 9.50 Å². The Hall–Kier alpha value is 0.594. The molecule has 0 unspecified atom stereocenters. The van der Waals surface area contributed by atoms with E-state index in [4.69, 9.17) is 34.8 Å². The van der Waals surface area contributed by atoms with Gasteiger partial charge in [0.2, 0.25) is 0 Å². The molecule has 0 aliphatic carbocycles. The summed E-state index contributed by atoms with van der Waals surface area (Å²) in [5, 5.41) is 4.75. The van der Waals surface area contributed by atoms with Crippen molar-refractivity contribution in [2.75, 3.05) is 0 Å².